The van der Waals surface area contributed by atoms with Crippen molar-refractivity contribution in [3.8, 4) is 0 Å². The van der Waals surface area contributed by atoms with Crippen molar-refractivity contribution in [2.45, 2.75) is 20.0 Å². The molecule has 4 rings (SSSR count). The summed E-state index contributed by atoms with van der Waals surface area (Å²) in [6.07, 6.45) is 0.988. The number of aromatic amines is 1. The second-order valence-corrected chi connectivity index (χ2v) is 7.78. The predicted octanol–water partition coefficient (Wildman–Crippen LogP) is 2.45. The van der Waals surface area contributed by atoms with Crippen LogP contribution in [0.1, 0.15) is 27.2 Å². The summed E-state index contributed by atoms with van der Waals surface area (Å²) in [4.78, 5) is 35.9. The summed E-state index contributed by atoms with van der Waals surface area (Å²) in [5, 5.41) is 3.80. The van der Waals surface area contributed by atoms with Crippen LogP contribution in [0.25, 0.3) is 10.2 Å². The highest BCUT2D eigenvalue weighted by atomic mass is 32.1. The molecule has 7 nitrogen and oxygen atoms in total. The maximum Gasteiger partial charge on any atom is 0.349 e. The summed E-state index contributed by atoms with van der Waals surface area (Å²) < 4.78 is 5.44. The number of benzene rings is 1. The Hall–Kier alpha value is -2.71. The fraction of sp³-hybridized carbons (Fsp3) is 0.350. The normalized spacial score (nSPS) is 14.8. The summed E-state index contributed by atoms with van der Waals surface area (Å²) in [7, 11) is 0. The molecule has 1 fully saturated rings. The Labute approximate surface area is 166 Å². The van der Waals surface area contributed by atoms with E-state index in [1.807, 2.05) is 30.3 Å². The fourth-order valence-electron chi connectivity index (χ4n) is 3.32. The highest BCUT2D eigenvalue weighted by Crippen LogP contribution is 2.29. The minimum absolute atomic E-state index is 0.198. The minimum atomic E-state index is -0.427. The zero-order valence-corrected chi connectivity index (χ0v) is 16.5. The topological polar surface area (TPSA) is 87.3 Å². The minimum Gasteiger partial charge on any atom is -0.457 e. The smallest absolute Gasteiger partial charge is 0.349 e. The highest BCUT2D eigenvalue weighted by molar-refractivity contribution is 7.20. The van der Waals surface area contributed by atoms with E-state index in [-0.39, 0.29) is 12.2 Å². The van der Waals surface area contributed by atoms with Gasteiger partial charge in [0, 0.05) is 19.6 Å². The number of carbonyl (C=O) groups is 1. The largest absolute Gasteiger partial charge is 0.457 e. The molecule has 0 spiro atoms. The molecule has 0 aliphatic carbocycles. The number of nitrogens with one attached hydrogen (secondary N) is 2. The standard InChI is InChI=1S/C20H22N4O3S/c1-13-15-17(25)22-20(24-10-5-8-21-9-11-24)23-18(15)28-16(13)19(26)27-12-14-6-3-2-4-7-14/h2-4,6-7,21H,5,8-12H2,1H3,(H,22,23,25). The number of nitrogens with zero attached hydrogens (tertiary/aromatic N) is 2. The Balaban J connectivity index is 1.61. The molecule has 1 aliphatic heterocycles. The van der Waals surface area contributed by atoms with Crippen LogP contribution < -0.4 is 15.8 Å². The van der Waals surface area contributed by atoms with Gasteiger partial charge in [0.15, 0.2) is 0 Å². The Morgan fingerprint density at radius 2 is 2.07 bits per heavy atom. The van der Waals surface area contributed by atoms with Crippen LogP contribution in [0.5, 0.6) is 0 Å². The molecule has 0 saturated carbocycles. The van der Waals surface area contributed by atoms with Crippen molar-refractivity contribution in [2.75, 3.05) is 31.1 Å². The van der Waals surface area contributed by atoms with Crippen molar-refractivity contribution in [3.05, 3.63) is 56.7 Å². The van der Waals surface area contributed by atoms with Crippen LogP contribution in [0, 0.1) is 6.92 Å². The van der Waals surface area contributed by atoms with E-state index in [4.69, 9.17) is 4.74 Å². The van der Waals surface area contributed by atoms with Crippen LogP contribution in [0.15, 0.2) is 35.1 Å². The molecule has 2 N–H and O–H groups in total. The van der Waals surface area contributed by atoms with Gasteiger partial charge in [-0.1, -0.05) is 30.3 Å². The number of hydrogen-bond donors (Lipinski definition) is 2. The molecule has 0 unspecified atom stereocenters. The van der Waals surface area contributed by atoms with Crippen LogP contribution in [0.4, 0.5) is 5.95 Å². The average Bonchev–Trinajstić information content (AvgIpc) is 2.87. The van der Waals surface area contributed by atoms with E-state index in [1.54, 1.807) is 6.92 Å². The number of carbonyl (C=O) groups excluding carboxylic acids is 1. The van der Waals surface area contributed by atoms with Gasteiger partial charge in [0.05, 0.1) is 5.39 Å². The van der Waals surface area contributed by atoms with Crippen molar-refractivity contribution in [1.82, 2.24) is 15.3 Å². The first-order valence-electron chi connectivity index (χ1n) is 9.33. The quantitative estimate of drug-likeness (QED) is 0.657. The number of anilines is 1. The predicted molar refractivity (Wildman–Crippen MR) is 110 cm³/mol. The number of esters is 1. The first kappa shape index (κ1) is 18.6. The van der Waals surface area contributed by atoms with E-state index in [1.165, 1.54) is 11.3 Å². The van der Waals surface area contributed by atoms with Gasteiger partial charge in [-0.05, 0) is 31.0 Å². The molecule has 0 bridgehead atoms. The second kappa shape index (κ2) is 8.12. The molecule has 0 amide bonds. The number of H-pyrrole nitrogens is 1. The van der Waals surface area contributed by atoms with E-state index in [9.17, 15) is 9.59 Å². The zero-order valence-electron chi connectivity index (χ0n) is 15.7. The van der Waals surface area contributed by atoms with Crippen molar-refractivity contribution in [3.63, 3.8) is 0 Å². The SMILES string of the molecule is Cc1c(C(=O)OCc2ccccc2)sc2nc(N3CCCNCC3)[nH]c(=O)c12. The van der Waals surface area contributed by atoms with Crippen molar-refractivity contribution >= 4 is 33.5 Å². The van der Waals surface area contributed by atoms with Crippen LogP contribution in [0.3, 0.4) is 0 Å². The lowest BCUT2D eigenvalue weighted by Crippen LogP contribution is -2.31. The van der Waals surface area contributed by atoms with Crippen LogP contribution in [0.2, 0.25) is 0 Å². The Bertz CT molecular complexity index is 1040. The number of rotatable bonds is 4. The maximum atomic E-state index is 12.7. The summed E-state index contributed by atoms with van der Waals surface area (Å²) in [6, 6.07) is 9.52. The van der Waals surface area contributed by atoms with Gasteiger partial charge in [0.25, 0.3) is 5.56 Å². The number of hydrogen-bond acceptors (Lipinski definition) is 7. The van der Waals surface area contributed by atoms with E-state index in [2.05, 4.69) is 20.2 Å². The third-order valence-corrected chi connectivity index (χ3v) is 5.99. The number of aromatic nitrogens is 2. The van der Waals surface area contributed by atoms with Crippen LogP contribution in [-0.2, 0) is 11.3 Å². The molecular weight excluding hydrogens is 376 g/mol. The number of aryl methyl sites for hydroxylation is 1. The molecule has 2 aromatic heterocycles. The molecule has 28 heavy (non-hydrogen) atoms. The van der Waals surface area contributed by atoms with Crippen molar-refractivity contribution < 1.29 is 9.53 Å². The molecule has 0 atom stereocenters. The van der Waals surface area contributed by atoms with Gasteiger partial charge in [-0.25, -0.2) is 9.78 Å². The van der Waals surface area contributed by atoms with Gasteiger partial charge in [-0.2, -0.15) is 0 Å². The van der Waals surface area contributed by atoms with Gasteiger partial charge in [0.2, 0.25) is 5.95 Å². The van der Waals surface area contributed by atoms with Gasteiger partial charge in [-0.3, -0.25) is 9.78 Å². The van der Waals surface area contributed by atoms with Gasteiger partial charge < -0.3 is 15.0 Å². The molecule has 3 heterocycles. The van der Waals surface area contributed by atoms with Gasteiger partial charge in [-0.15, -0.1) is 11.3 Å². The van der Waals surface area contributed by atoms with Gasteiger partial charge in [0.1, 0.15) is 16.3 Å². The number of ether oxygens (including phenoxy) is 1. The van der Waals surface area contributed by atoms with Crippen LogP contribution in [-0.4, -0.2) is 42.1 Å². The fourth-order valence-corrected chi connectivity index (χ4v) is 4.39. The highest BCUT2D eigenvalue weighted by Gasteiger charge is 2.22. The Morgan fingerprint density at radius 3 is 2.89 bits per heavy atom. The first-order chi connectivity index (χ1) is 13.6. The lowest BCUT2D eigenvalue weighted by Gasteiger charge is -2.19. The molecule has 1 aromatic carbocycles. The zero-order chi connectivity index (χ0) is 19.5. The molecule has 8 heteroatoms. The third kappa shape index (κ3) is 3.79. The summed E-state index contributed by atoms with van der Waals surface area (Å²) in [5.41, 5.74) is 1.33. The molecular formula is C20H22N4O3S. The first-order valence-corrected chi connectivity index (χ1v) is 10.2. The summed E-state index contributed by atoms with van der Waals surface area (Å²) in [5.74, 6) is 0.135. The Kier molecular flexibility index (Phi) is 5.40. The molecule has 146 valence electrons. The lowest BCUT2D eigenvalue weighted by atomic mass is 10.2. The summed E-state index contributed by atoms with van der Waals surface area (Å²) in [6.45, 7) is 5.39. The number of thiophene rings is 1. The second-order valence-electron chi connectivity index (χ2n) is 6.78. The van der Waals surface area contributed by atoms with E-state index in [0.717, 1.165) is 38.2 Å². The maximum absolute atomic E-state index is 12.7. The van der Waals surface area contributed by atoms with Gasteiger partial charge >= 0.3 is 5.97 Å². The third-order valence-electron chi connectivity index (χ3n) is 4.83. The average molecular weight is 398 g/mol. The van der Waals surface area contributed by atoms with E-state index >= 15 is 0 Å². The van der Waals surface area contributed by atoms with E-state index in [0.29, 0.717) is 26.6 Å². The monoisotopic (exact) mass is 398 g/mol. The molecule has 0 radical (unpaired) electrons. The van der Waals surface area contributed by atoms with E-state index < -0.39 is 5.97 Å². The Morgan fingerprint density at radius 1 is 1.25 bits per heavy atom. The molecule has 1 saturated heterocycles. The van der Waals surface area contributed by atoms with Crippen molar-refractivity contribution in [1.29, 1.82) is 0 Å². The van der Waals surface area contributed by atoms with Crippen molar-refractivity contribution in [2.24, 2.45) is 0 Å². The summed E-state index contributed by atoms with van der Waals surface area (Å²) >= 11 is 1.22. The number of fused-ring (bicyclic) bond motifs is 1. The molecule has 3 aromatic rings. The molecule has 1 aliphatic rings. The lowest BCUT2D eigenvalue weighted by molar-refractivity contribution is 0.0478. The van der Waals surface area contributed by atoms with Crippen LogP contribution >= 0.6 is 11.3 Å².